The number of alkyl carbamates (subject to hydrolysis) is 1. The highest BCUT2D eigenvalue weighted by Crippen LogP contribution is 2.27. The Morgan fingerprint density at radius 1 is 0.900 bits per heavy atom. The first-order valence-electron chi connectivity index (χ1n) is 15.2. The first-order valence-corrected chi connectivity index (χ1v) is 15.2. The van der Waals surface area contributed by atoms with Crippen LogP contribution in [0.4, 0.5) is 4.79 Å². The zero-order valence-electron chi connectivity index (χ0n) is 26.2. The number of carbonyl (C=O) groups is 3. The van der Waals surface area contributed by atoms with Crippen molar-refractivity contribution in [3.8, 4) is 5.75 Å². The van der Waals surface area contributed by atoms with Gasteiger partial charge in [0.25, 0.3) is 0 Å². The van der Waals surface area contributed by atoms with E-state index in [0.717, 1.165) is 44.9 Å². The van der Waals surface area contributed by atoms with Crippen LogP contribution in [0.5, 0.6) is 5.75 Å². The summed E-state index contributed by atoms with van der Waals surface area (Å²) in [5.74, 6) is -0.387. The van der Waals surface area contributed by atoms with Crippen LogP contribution in [0.25, 0.3) is 0 Å². The molecule has 3 N–H and O–H groups in total. The van der Waals surface area contributed by atoms with E-state index in [1.807, 2.05) is 20.8 Å². The van der Waals surface area contributed by atoms with Gasteiger partial charge in [-0.25, -0.2) is 4.79 Å². The maximum absolute atomic E-state index is 14.3. The number of rotatable bonds is 17. The van der Waals surface area contributed by atoms with E-state index in [1.165, 1.54) is 18.6 Å². The molecule has 0 fully saturated rings. The predicted molar refractivity (Wildman–Crippen MR) is 161 cm³/mol. The van der Waals surface area contributed by atoms with Crippen LogP contribution in [0.3, 0.4) is 0 Å². The van der Waals surface area contributed by atoms with Crippen LogP contribution in [-0.2, 0) is 14.3 Å². The summed E-state index contributed by atoms with van der Waals surface area (Å²) in [6.07, 6.45) is 7.68. The van der Waals surface area contributed by atoms with Crippen molar-refractivity contribution in [1.82, 2.24) is 15.5 Å². The van der Waals surface area contributed by atoms with Crippen LogP contribution < -0.4 is 10.6 Å². The molecule has 0 aliphatic rings. The van der Waals surface area contributed by atoms with Gasteiger partial charge in [0.05, 0.1) is 0 Å². The van der Waals surface area contributed by atoms with Gasteiger partial charge in [-0.3, -0.25) is 9.59 Å². The molecule has 0 aliphatic carbocycles. The fraction of sp³-hybridized carbons (Fsp3) is 0.719. The first kappa shape index (κ1) is 35.3. The first-order chi connectivity index (χ1) is 18.8. The molecule has 0 spiro atoms. The van der Waals surface area contributed by atoms with Gasteiger partial charge in [0.1, 0.15) is 23.4 Å². The number of phenolic OH excluding ortho intramolecular Hbond substituents is 1. The Hall–Kier alpha value is -2.77. The quantitative estimate of drug-likeness (QED) is 0.180. The predicted octanol–water partition coefficient (Wildman–Crippen LogP) is 6.87. The van der Waals surface area contributed by atoms with Crippen molar-refractivity contribution in [3.05, 3.63) is 29.8 Å². The molecule has 228 valence electrons. The molecule has 0 bridgehead atoms. The zero-order valence-corrected chi connectivity index (χ0v) is 26.2. The molecular formula is C32H55N3O5. The highest BCUT2D eigenvalue weighted by Gasteiger charge is 2.36. The van der Waals surface area contributed by atoms with Crippen LogP contribution >= 0.6 is 0 Å². The summed E-state index contributed by atoms with van der Waals surface area (Å²) in [4.78, 5) is 42.5. The second-order valence-electron chi connectivity index (χ2n) is 12.3. The molecule has 40 heavy (non-hydrogen) atoms. The molecule has 3 atom stereocenters. The minimum atomic E-state index is -0.904. The summed E-state index contributed by atoms with van der Waals surface area (Å²) in [6, 6.07) is 4.61. The van der Waals surface area contributed by atoms with Gasteiger partial charge < -0.3 is 25.4 Å². The number of unbranched alkanes of at least 4 members (excludes halogenated alkanes) is 5. The van der Waals surface area contributed by atoms with E-state index in [9.17, 15) is 19.5 Å². The molecule has 1 aromatic carbocycles. The van der Waals surface area contributed by atoms with E-state index in [-0.39, 0.29) is 29.5 Å². The van der Waals surface area contributed by atoms with E-state index in [0.29, 0.717) is 18.5 Å². The van der Waals surface area contributed by atoms with Gasteiger partial charge in [-0.15, -0.1) is 0 Å². The molecule has 1 aromatic rings. The van der Waals surface area contributed by atoms with Crippen molar-refractivity contribution in [2.75, 3.05) is 6.54 Å². The van der Waals surface area contributed by atoms with E-state index >= 15 is 0 Å². The number of carbonyl (C=O) groups excluding carboxylic acids is 3. The largest absolute Gasteiger partial charge is 0.508 e. The number of benzene rings is 1. The Morgan fingerprint density at radius 2 is 1.50 bits per heavy atom. The number of hydrogen-bond acceptors (Lipinski definition) is 5. The van der Waals surface area contributed by atoms with E-state index in [2.05, 4.69) is 24.5 Å². The van der Waals surface area contributed by atoms with Gasteiger partial charge in [0, 0.05) is 12.6 Å². The average molecular weight is 562 g/mol. The number of aromatic hydroxyl groups is 1. The minimum Gasteiger partial charge on any atom is -0.508 e. The van der Waals surface area contributed by atoms with Gasteiger partial charge in [0.15, 0.2) is 0 Å². The van der Waals surface area contributed by atoms with Crippen molar-refractivity contribution >= 4 is 17.9 Å². The van der Waals surface area contributed by atoms with Crippen LogP contribution in [0.1, 0.15) is 125 Å². The molecule has 0 saturated carbocycles. The molecule has 0 saturated heterocycles. The van der Waals surface area contributed by atoms with Crippen molar-refractivity contribution < 1.29 is 24.2 Å². The third-order valence-electron chi connectivity index (χ3n) is 6.61. The fourth-order valence-electron chi connectivity index (χ4n) is 4.73. The molecule has 1 rings (SSSR count). The summed E-state index contributed by atoms with van der Waals surface area (Å²) >= 11 is 0. The number of nitrogens with zero attached hydrogens (tertiary/aromatic N) is 1. The van der Waals surface area contributed by atoms with Crippen LogP contribution in [0, 0.1) is 5.92 Å². The molecule has 0 aliphatic heterocycles. The van der Waals surface area contributed by atoms with Gasteiger partial charge in [-0.1, -0.05) is 78.4 Å². The maximum atomic E-state index is 14.3. The van der Waals surface area contributed by atoms with E-state index < -0.39 is 23.8 Å². The van der Waals surface area contributed by atoms with Crippen molar-refractivity contribution in [2.45, 2.75) is 137 Å². The molecule has 0 aromatic heterocycles. The number of nitrogens with one attached hydrogen (secondary N) is 2. The summed E-state index contributed by atoms with van der Waals surface area (Å²) < 4.78 is 5.47. The normalized spacial score (nSPS) is 13.8. The molecule has 3 amide bonds. The third-order valence-corrected chi connectivity index (χ3v) is 6.61. The third kappa shape index (κ3) is 13.5. The fourth-order valence-corrected chi connectivity index (χ4v) is 4.73. The summed E-state index contributed by atoms with van der Waals surface area (Å²) in [5.41, 5.74) is -0.101. The molecular weight excluding hydrogens is 506 g/mol. The topological polar surface area (TPSA) is 108 Å². The van der Waals surface area contributed by atoms with Crippen LogP contribution in [-0.4, -0.2) is 52.1 Å². The average Bonchev–Trinajstić information content (AvgIpc) is 2.84. The lowest BCUT2D eigenvalue weighted by atomic mass is 9.98. The molecule has 8 nitrogen and oxygen atoms in total. The Kier molecular flexibility index (Phi) is 15.7. The summed E-state index contributed by atoms with van der Waals surface area (Å²) in [6.45, 7) is 15.9. The zero-order chi connectivity index (χ0) is 30.3. The van der Waals surface area contributed by atoms with Crippen molar-refractivity contribution in [2.24, 2.45) is 5.92 Å². The van der Waals surface area contributed by atoms with Crippen molar-refractivity contribution in [3.63, 3.8) is 0 Å². The van der Waals surface area contributed by atoms with Crippen LogP contribution in [0.2, 0.25) is 0 Å². The Bertz CT molecular complexity index is 895. The SMILES string of the molecule is CCCCCCCCN(C(=O)C(CC(C)C)NC(=O)OC(C)(C)C)C(C(=O)NC(C)CCC)c1ccc(O)cc1. The van der Waals surface area contributed by atoms with E-state index in [4.69, 9.17) is 4.74 Å². The van der Waals surface area contributed by atoms with Crippen LogP contribution in [0.15, 0.2) is 24.3 Å². The molecule has 3 unspecified atom stereocenters. The monoisotopic (exact) mass is 561 g/mol. The number of phenols is 1. The number of hydrogen-bond donors (Lipinski definition) is 3. The minimum absolute atomic E-state index is 0.0607. The second-order valence-corrected chi connectivity index (χ2v) is 12.3. The van der Waals surface area contributed by atoms with Gasteiger partial charge in [-0.05, 0) is 70.6 Å². The smallest absolute Gasteiger partial charge is 0.408 e. The molecule has 0 radical (unpaired) electrons. The van der Waals surface area contributed by atoms with E-state index in [1.54, 1.807) is 37.8 Å². The Labute approximate surface area is 242 Å². The van der Waals surface area contributed by atoms with Gasteiger partial charge in [0.2, 0.25) is 11.8 Å². The summed E-state index contributed by atoms with van der Waals surface area (Å²) in [5, 5.41) is 15.8. The molecule has 0 heterocycles. The maximum Gasteiger partial charge on any atom is 0.408 e. The standard InChI is InChI=1S/C32H55N3O5/c1-9-11-12-13-14-15-21-35(30(38)27(22-23(3)4)34-31(39)40-32(6,7)8)28(25-17-19-26(36)20-18-25)29(37)33-24(5)16-10-2/h17-20,23-24,27-28,36H,9-16,21-22H2,1-8H3,(H,33,37)(H,34,39). The van der Waals surface area contributed by atoms with Gasteiger partial charge >= 0.3 is 6.09 Å². The Morgan fingerprint density at radius 3 is 2.05 bits per heavy atom. The highest BCUT2D eigenvalue weighted by atomic mass is 16.6. The highest BCUT2D eigenvalue weighted by molar-refractivity contribution is 5.92. The Balaban J connectivity index is 3.44. The summed E-state index contributed by atoms with van der Waals surface area (Å²) in [7, 11) is 0. The number of amides is 3. The number of ether oxygens (including phenoxy) is 1. The van der Waals surface area contributed by atoms with Gasteiger partial charge in [-0.2, -0.15) is 0 Å². The lowest BCUT2D eigenvalue weighted by Crippen LogP contribution is -2.54. The second kappa shape index (κ2) is 17.8. The lowest BCUT2D eigenvalue weighted by Gasteiger charge is -2.35. The van der Waals surface area contributed by atoms with Crippen molar-refractivity contribution in [1.29, 1.82) is 0 Å². The lowest BCUT2D eigenvalue weighted by molar-refractivity contribution is -0.143. The molecule has 8 heteroatoms.